The summed E-state index contributed by atoms with van der Waals surface area (Å²) in [6.45, 7) is 0. The normalized spacial score (nSPS) is 12.5. The lowest BCUT2D eigenvalue weighted by atomic mass is 10.2. The van der Waals surface area contributed by atoms with E-state index in [1.165, 1.54) is 9.79 Å². The van der Waals surface area contributed by atoms with Gasteiger partial charge < -0.3 is 4.74 Å². The lowest BCUT2D eigenvalue weighted by Crippen LogP contribution is -1.87. The molecule has 1 aliphatic rings. The molecule has 3 heteroatoms. The molecule has 1 aliphatic heterocycles. The fourth-order valence-electron chi connectivity index (χ4n) is 1.74. The molecule has 0 N–H and O–H groups in total. The third-order valence-corrected chi connectivity index (χ3v) is 3.79. The van der Waals surface area contributed by atoms with E-state index in [1.54, 1.807) is 18.9 Å². The van der Waals surface area contributed by atoms with Crippen LogP contribution in [0.3, 0.4) is 0 Å². The maximum absolute atomic E-state index is 5.25. The predicted octanol–water partition coefficient (Wildman–Crippen LogP) is 3.91. The molecule has 0 amide bonds. The number of para-hydroxylation sites is 1. The van der Waals surface area contributed by atoms with Crippen LogP contribution in [0.5, 0.6) is 5.75 Å². The Hall–Kier alpha value is -1.74. The number of hydrogen-bond acceptors (Lipinski definition) is 3. The number of aliphatic imine (C=N–C) groups is 1. The molecule has 0 saturated heterocycles. The SMILES string of the molecule is COc1ccc2c(c1)Sc1ccccc1N=C2. The van der Waals surface area contributed by atoms with Crippen LogP contribution in [-0.4, -0.2) is 13.3 Å². The van der Waals surface area contributed by atoms with Gasteiger partial charge in [0, 0.05) is 21.6 Å². The van der Waals surface area contributed by atoms with E-state index in [9.17, 15) is 0 Å². The summed E-state index contributed by atoms with van der Waals surface area (Å²) in [6, 6.07) is 14.2. The van der Waals surface area contributed by atoms with Gasteiger partial charge in [0.2, 0.25) is 0 Å². The molecule has 2 aromatic rings. The van der Waals surface area contributed by atoms with Gasteiger partial charge in [-0.2, -0.15) is 0 Å². The maximum Gasteiger partial charge on any atom is 0.120 e. The number of fused-ring (bicyclic) bond motifs is 2. The first-order valence-electron chi connectivity index (χ1n) is 5.36. The summed E-state index contributed by atoms with van der Waals surface area (Å²) in [5, 5.41) is 0. The Morgan fingerprint density at radius 3 is 2.82 bits per heavy atom. The van der Waals surface area contributed by atoms with E-state index in [1.807, 2.05) is 42.6 Å². The third-order valence-electron chi connectivity index (χ3n) is 2.65. The zero-order chi connectivity index (χ0) is 11.7. The maximum atomic E-state index is 5.25. The molecule has 0 aromatic heterocycles. The summed E-state index contributed by atoms with van der Waals surface area (Å²) in [7, 11) is 1.69. The average molecular weight is 241 g/mol. The second kappa shape index (κ2) is 4.26. The van der Waals surface area contributed by atoms with Crippen molar-refractivity contribution >= 4 is 23.7 Å². The van der Waals surface area contributed by atoms with Crippen LogP contribution in [0.15, 0.2) is 57.2 Å². The number of nitrogens with zero attached hydrogens (tertiary/aromatic N) is 1. The van der Waals surface area contributed by atoms with Gasteiger partial charge in [0.05, 0.1) is 12.8 Å². The molecule has 0 saturated carbocycles. The van der Waals surface area contributed by atoms with Gasteiger partial charge in [-0.1, -0.05) is 23.9 Å². The summed E-state index contributed by atoms with van der Waals surface area (Å²) < 4.78 is 5.25. The second-order valence-electron chi connectivity index (χ2n) is 3.73. The van der Waals surface area contributed by atoms with Gasteiger partial charge in [-0.3, -0.25) is 4.99 Å². The molecule has 0 atom stereocenters. The van der Waals surface area contributed by atoms with Crippen LogP contribution < -0.4 is 4.74 Å². The van der Waals surface area contributed by atoms with Crippen LogP contribution in [0, 0.1) is 0 Å². The molecule has 0 aliphatic carbocycles. The van der Waals surface area contributed by atoms with Crippen molar-refractivity contribution in [3.8, 4) is 5.75 Å². The Balaban J connectivity index is 2.12. The zero-order valence-corrected chi connectivity index (χ0v) is 10.2. The van der Waals surface area contributed by atoms with Crippen molar-refractivity contribution in [2.24, 2.45) is 4.99 Å². The summed E-state index contributed by atoms with van der Waals surface area (Å²) in [5.74, 6) is 0.879. The van der Waals surface area contributed by atoms with Crippen LogP contribution in [0.1, 0.15) is 5.56 Å². The van der Waals surface area contributed by atoms with E-state index >= 15 is 0 Å². The number of rotatable bonds is 1. The van der Waals surface area contributed by atoms with Crippen LogP contribution in [0.25, 0.3) is 0 Å². The molecular formula is C14H11NOS. The van der Waals surface area contributed by atoms with Gasteiger partial charge in [-0.25, -0.2) is 0 Å². The van der Waals surface area contributed by atoms with E-state index in [0.717, 1.165) is 17.0 Å². The largest absolute Gasteiger partial charge is 0.497 e. The van der Waals surface area contributed by atoms with Crippen molar-refractivity contribution in [1.29, 1.82) is 0 Å². The molecule has 84 valence electrons. The van der Waals surface area contributed by atoms with Crippen LogP contribution in [0.2, 0.25) is 0 Å². The first-order chi connectivity index (χ1) is 8.36. The highest BCUT2D eigenvalue weighted by atomic mass is 32.2. The number of ether oxygens (including phenoxy) is 1. The van der Waals surface area contributed by atoms with Gasteiger partial charge in [0.1, 0.15) is 5.75 Å². The Labute approximate surface area is 104 Å². The Morgan fingerprint density at radius 2 is 1.94 bits per heavy atom. The van der Waals surface area contributed by atoms with Crippen molar-refractivity contribution in [2.45, 2.75) is 9.79 Å². The fourth-order valence-corrected chi connectivity index (χ4v) is 2.77. The van der Waals surface area contributed by atoms with Crippen LogP contribution in [0.4, 0.5) is 5.69 Å². The Morgan fingerprint density at radius 1 is 1.06 bits per heavy atom. The molecule has 2 nitrogen and oxygen atoms in total. The fraction of sp³-hybridized carbons (Fsp3) is 0.0714. The Bertz CT molecular complexity index is 593. The van der Waals surface area contributed by atoms with Crippen molar-refractivity contribution in [2.75, 3.05) is 7.11 Å². The van der Waals surface area contributed by atoms with E-state index in [4.69, 9.17) is 4.74 Å². The van der Waals surface area contributed by atoms with Crippen LogP contribution in [-0.2, 0) is 0 Å². The standard InChI is InChI=1S/C14H11NOS/c1-16-11-7-6-10-9-15-12-4-2-3-5-13(12)17-14(10)8-11/h2-9H,1H3. The molecule has 0 unspecified atom stereocenters. The lowest BCUT2D eigenvalue weighted by molar-refractivity contribution is 0.413. The minimum Gasteiger partial charge on any atom is -0.497 e. The molecule has 1 heterocycles. The lowest BCUT2D eigenvalue weighted by Gasteiger charge is -2.06. The molecular weight excluding hydrogens is 230 g/mol. The minimum absolute atomic E-state index is 0.879. The number of methoxy groups -OCH3 is 1. The monoisotopic (exact) mass is 241 g/mol. The van der Waals surface area contributed by atoms with Crippen molar-refractivity contribution in [3.05, 3.63) is 48.0 Å². The summed E-state index contributed by atoms with van der Waals surface area (Å²) in [5.41, 5.74) is 2.15. The number of hydrogen-bond donors (Lipinski definition) is 0. The van der Waals surface area contributed by atoms with E-state index in [2.05, 4.69) is 11.1 Å². The number of benzene rings is 2. The minimum atomic E-state index is 0.879. The van der Waals surface area contributed by atoms with Crippen molar-refractivity contribution < 1.29 is 4.74 Å². The molecule has 0 radical (unpaired) electrons. The molecule has 0 spiro atoms. The summed E-state index contributed by atoms with van der Waals surface area (Å²) >= 11 is 1.73. The Kier molecular flexibility index (Phi) is 2.61. The molecule has 0 bridgehead atoms. The van der Waals surface area contributed by atoms with Gasteiger partial charge in [-0.15, -0.1) is 0 Å². The van der Waals surface area contributed by atoms with Gasteiger partial charge in [0.25, 0.3) is 0 Å². The second-order valence-corrected chi connectivity index (χ2v) is 4.82. The highest BCUT2D eigenvalue weighted by Gasteiger charge is 2.11. The topological polar surface area (TPSA) is 21.6 Å². The van der Waals surface area contributed by atoms with Crippen LogP contribution >= 0.6 is 11.8 Å². The highest BCUT2D eigenvalue weighted by molar-refractivity contribution is 7.99. The smallest absolute Gasteiger partial charge is 0.120 e. The van der Waals surface area contributed by atoms with Crippen molar-refractivity contribution in [1.82, 2.24) is 0 Å². The summed E-state index contributed by atoms with van der Waals surface area (Å²) in [4.78, 5) is 6.85. The predicted molar refractivity (Wildman–Crippen MR) is 70.8 cm³/mol. The van der Waals surface area contributed by atoms with E-state index < -0.39 is 0 Å². The zero-order valence-electron chi connectivity index (χ0n) is 9.38. The highest BCUT2D eigenvalue weighted by Crippen LogP contribution is 2.39. The summed E-state index contributed by atoms with van der Waals surface area (Å²) in [6.07, 6.45) is 1.91. The van der Waals surface area contributed by atoms with Crippen molar-refractivity contribution in [3.63, 3.8) is 0 Å². The van der Waals surface area contributed by atoms with Gasteiger partial charge >= 0.3 is 0 Å². The molecule has 3 rings (SSSR count). The first-order valence-corrected chi connectivity index (χ1v) is 6.17. The molecule has 2 aromatic carbocycles. The van der Waals surface area contributed by atoms with E-state index in [-0.39, 0.29) is 0 Å². The molecule has 17 heavy (non-hydrogen) atoms. The average Bonchev–Trinajstić information content (AvgIpc) is 2.56. The molecule has 0 fully saturated rings. The quantitative estimate of drug-likeness (QED) is 0.644. The van der Waals surface area contributed by atoms with E-state index in [0.29, 0.717) is 0 Å². The first kappa shape index (κ1) is 10.4. The van der Waals surface area contributed by atoms with Gasteiger partial charge in [0.15, 0.2) is 0 Å². The third kappa shape index (κ3) is 1.94. The van der Waals surface area contributed by atoms with Gasteiger partial charge in [-0.05, 0) is 30.3 Å².